The summed E-state index contributed by atoms with van der Waals surface area (Å²) in [6.07, 6.45) is 4.31. The topological polar surface area (TPSA) is 91.8 Å². The van der Waals surface area contributed by atoms with E-state index in [1.54, 1.807) is 0 Å². The fourth-order valence-electron chi connectivity index (χ4n) is 2.40. The smallest absolute Gasteiger partial charge is 0.259 e. The van der Waals surface area contributed by atoms with Crippen LogP contribution >= 0.6 is 22.9 Å². The second-order valence-corrected chi connectivity index (χ2v) is 6.20. The molecular formula is C14H11ClN4OS. The third-order valence-electron chi connectivity index (χ3n) is 3.37. The number of halogens is 1. The number of nitrogens with zero attached hydrogens (tertiary/aromatic N) is 2. The highest BCUT2D eigenvalue weighted by atomic mass is 35.5. The highest BCUT2D eigenvalue weighted by Gasteiger charge is 2.24. The van der Waals surface area contributed by atoms with E-state index in [4.69, 9.17) is 17.3 Å². The van der Waals surface area contributed by atoms with Crippen molar-refractivity contribution in [2.75, 3.05) is 11.1 Å². The number of rotatable bonds is 2. The van der Waals surface area contributed by atoms with Gasteiger partial charge < -0.3 is 11.1 Å². The van der Waals surface area contributed by atoms with Gasteiger partial charge in [0.1, 0.15) is 16.2 Å². The number of nitrogen functional groups attached to an aromatic ring is 1. The summed E-state index contributed by atoms with van der Waals surface area (Å²) >= 11 is 7.37. The first-order valence-electron chi connectivity index (χ1n) is 6.37. The number of aryl methyl sites for hydroxylation is 1. The molecule has 0 aromatic carbocycles. The number of amides is 1. The maximum absolute atomic E-state index is 12.3. The van der Waals surface area contributed by atoms with E-state index in [-0.39, 0.29) is 10.7 Å². The zero-order valence-corrected chi connectivity index (χ0v) is 12.5. The predicted molar refractivity (Wildman–Crippen MR) is 82.7 cm³/mol. The van der Waals surface area contributed by atoms with E-state index in [9.17, 15) is 10.1 Å². The lowest BCUT2D eigenvalue weighted by atomic mass is 10.1. The van der Waals surface area contributed by atoms with E-state index >= 15 is 0 Å². The van der Waals surface area contributed by atoms with Gasteiger partial charge in [0.05, 0.1) is 23.0 Å². The number of aromatic nitrogens is 1. The van der Waals surface area contributed by atoms with E-state index in [0.717, 1.165) is 24.8 Å². The molecule has 0 fully saturated rings. The lowest BCUT2D eigenvalue weighted by Gasteiger charge is -2.06. The summed E-state index contributed by atoms with van der Waals surface area (Å²) in [5, 5.41) is 12.7. The predicted octanol–water partition coefficient (Wildman–Crippen LogP) is 2.99. The van der Waals surface area contributed by atoms with E-state index in [1.165, 1.54) is 28.5 Å². The van der Waals surface area contributed by atoms with Crippen LogP contribution in [0.3, 0.4) is 0 Å². The number of hydrogen-bond donors (Lipinski definition) is 2. The Hall–Kier alpha value is -2.10. The standard InChI is InChI=1S/C14H11ClN4OS/c15-12-9(4-7(17)6-18-12)13(20)19-14-10(5-16)8-2-1-3-11(8)21-14/h4,6H,1-3,17H2,(H,19,20). The Morgan fingerprint density at radius 3 is 3.10 bits per heavy atom. The molecule has 3 rings (SSSR count). The fourth-order valence-corrected chi connectivity index (χ4v) is 3.83. The van der Waals surface area contributed by atoms with Crippen molar-refractivity contribution in [3.8, 4) is 6.07 Å². The lowest BCUT2D eigenvalue weighted by molar-refractivity contribution is 0.102. The number of anilines is 2. The highest BCUT2D eigenvalue weighted by Crippen LogP contribution is 2.38. The fraction of sp³-hybridized carbons (Fsp3) is 0.214. The Morgan fingerprint density at radius 2 is 2.33 bits per heavy atom. The average Bonchev–Trinajstić information content (AvgIpc) is 3.01. The summed E-state index contributed by atoms with van der Waals surface area (Å²) in [5.74, 6) is -0.406. The third kappa shape index (κ3) is 2.46. The van der Waals surface area contributed by atoms with E-state index < -0.39 is 5.91 Å². The first kappa shape index (κ1) is 13.9. The Morgan fingerprint density at radius 1 is 1.52 bits per heavy atom. The largest absolute Gasteiger partial charge is 0.397 e. The van der Waals surface area contributed by atoms with Gasteiger partial charge in [-0.15, -0.1) is 11.3 Å². The van der Waals surface area contributed by atoms with Crippen molar-refractivity contribution in [2.24, 2.45) is 0 Å². The van der Waals surface area contributed by atoms with Gasteiger partial charge in [-0.2, -0.15) is 5.26 Å². The second-order valence-electron chi connectivity index (χ2n) is 4.73. The third-order valence-corrected chi connectivity index (χ3v) is 4.87. The summed E-state index contributed by atoms with van der Waals surface area (Å²) < 4.78 is 0. The van der Waals surface area contributed by atoms with Crippen LogP contribution in [0.1, 0.15) is 32.8 Å². The van der Waals surface area contributed by atoms with Gasteiger partial charge in [0.25, 0.3) is 5.91 Å². The van der Waals surface area contributed by atoms with Gasteiger partial charge in [0.2, 0.25) is 0 Å². The van der Waals surface area contributed by atoms with Gasteiger partial charge in [-0.25, -0.2) is 4.98 Å². The molecule has 0 unspecified atom stereocenters. The minimum atomic E-state index is -0.406. The van der Waals surface area contributed by atoms with Gasteiger partial charge in [0, 0.05) is 4.88 Å². The number of nitrogens with two attached hydrogens (primary N) is 1. The molecule has 0 spiro atoms. The summed E-state index contributed by atoms with van der Waals surface area (Å²) in [4.78, 5) is 17.3. The number of carbonyl (C=O) groups is 1. The molecule has 0 aliphatic heterocycles. The van der Waals surface area contributed by atoms with Crippen molar-refractivity contribution >= 4 is 39.5 Å². The van der Waals surface area contributed by atoms with Crippen LogP contribution in [-0.4, -0.2) is 10.9 Å². The van der Waals surface area contributed by atoms with Crippen LogP contribution in [0.2, 0.25) is 5.15 Å². The molecule has 0 saturated carbocycles. The number of nitrogens with one attached hydrogen (secondary N) is 1. The minimum absolute atomic E-state index is 0.0873. The summed E-state index contributed by atoms with van der Waals surface area (Å²) in [6.45, 7) is 0. The molecule has 0 bridgehead atoms. The van der Waals surface area contributed by atoms with Crippen LogP contribution in [0.15, 0.2) is 12.3 Å². The van der Waals surface area contributed by atoms with Crippen molar-refractivity contribution in [1.82, 2.24) is 4.98 Å². The molecule has 3 N–H and O–H groups in total. The molecule has 1 aliphatic rings. The maximum atomic E-state index is 12.3. The van der Waals surface area contributed by atoms with Crippen LogP contribution in [0.25, 0.3) is 0 Å². The molecule has 7 heteroatoms. The molecule has 2 heterocycles. The zero-order valence-electron chi connectivity index (χ0n) is 10.9. The van der Waals surface area contributed by atoms with Crippen LogP contribution in [0.5, 0.6) is 0 Å². The Bertz CT molecular complexity index is 778. The molecule has 0 saturated heterocycles. The normalized spacial score (nSPS) is 12.8. The average molecular weight is 319 g/mol. The molecule has 5 nitrogen and oxygen atoms in total. The van der Waals surface area contributed by atoms with Gasteiger partial charge in [-0.1, -0.05) is 11.6 Å². The number of nitriles is 1. The second kappa shape index (κ2) is 5.35. The molecule has 106 valence electrons. The Balaban J connectivity index is 1.92. The molecule has 0 radical (unpaired) electrons. The number of pyridine rings is 1. The number of carbonyl (C=O) groups excluding carboxylic acids is 1. The van der Waals surface area contributed by atoms with E-state index in [2.05, 4.69) is 16.4 Å². The Labute approximate surface area is 130 Å². The van der Waals surface area contributed by atoms with E-state index in [1.807, 2.05) is 0 Å². The maximum Gasteiger partial charge on any atom is 0.259 e. The first-order valence-corrected chi connectivity index (χ1v) is 7.56. The molecule has 0 atom stereocenters. The van der Waals surface area contributed by atoms with Crippen molar-refractivity contribution in [3.05, 3.63) is 39.0 Å². The van der Waals surface area contributed by atoms with Crippen molar-refractivity contribution in [2.45, 2.75) is 19.3 Å². The molecular weight excluding hydrogens is 308 g/mol. The van der Waals surface area contributed by atoms with Crippen LogP contribution in [0, 0.1) is 11.3 Å². The monoisotopic (exact) mass is 318 g/mol. The van der Waals surface area contributed by atoms with Crippen LogP contribution in [-0.2, 0) is 12.8 Å². The molecule has 2 aromatic heterocycles. The zero-order chi connectivity index (χ0) is 15.0. The highest BCUT2D eigenvalue weighted by molar-refractivity contribution is 7.16. The van der Waals surface area contributed by atoms with E-state index in [0.29, 0.717) is 16.3 Å². The number of hydrogen-bond acceptors (Lipinski definition) is 5. The Kier molecular flexibility index (Phi) is 3.53. The molecule has 21 heavy (non-hydrogen) atoms. The van der Waals surface area contributed by atoms with Crippen LogP contribution < -0.4 is 11.1 Å². The van der Waals surface area contributed by atoms with Crippen molar-refractivity contribution in [1.29, 1.82) is 5.26 Å². The first-order chi connectivity index (χ1) is 10.1. The quantitative estimate of drug-likeness (QED) is 0.833. The summed E-state index contributed by atoms with van der Waals surface area (Å²) in [7, 11) is 0. The lowest BCUT2D eigenvalue weighted by Crippen LogP contribution is -2.13. The number of fused-ring (bicyclic) bond motifs is 1. The van der Waals surface area contributed by atoms with Gasteiger partial charge in [-0.05, 0) is 30.9 Å². The van der Waals surface area contributed by atoms with Crippen LogP contribution in [0.4, 0.5) is 10.7 Å². The SMILES string of the molecule is N#Cc1c(NC(=O)c2cc(N)cnc2Cl)sc2c1CCC2. The minimum Gasteiger partial charge on any atom is -0.397 e. The number of thiophene rings is 1. The summed E-state index contributed by atoms with van der Waals surface area (Å²) in [6, 6.07) is 3.65. The van der Waals surface area contributed by atoms with Gasteiger partial charge in [-0.3, -0.25) is 4.79 Å². The molecule has 1 amide bonds. The van der Waals surface area contributed by atoms with Crippen molar-refractivity contribution in [3.63, 3.8) is 0 Å². The molecule has 2 aromatic rings. The van der Waals surface area contributed by atoms with Gasteiger partial charge >= 0.3 is 0 Å². The summed E-state index contributed by atoms with van der Waals surface area (Å²) in [5.41, 5.74) is 7.81. The van der Waals surface area contributed by atoms with Crippen molar-refractivity contribution < 1.29 is 4.79 Å². The molecule has 1 aliphatic carbocycles. The van der Waals surface area contributed by atoms with Gasteiger partial charge in [0.15, 0.2) is 0 Å².